The summed E-state index contributed by atoms with van der Waals surface area (Å²) in [4.78, 5) is 23.1. The van der Waals surface area contributed by atoms with E-state index in [0.29, 0.717) is 41.7 Å². The zero-order chi connectivity index (χ0) is 15.0. The lowest BCUT2D eigenvalue weighted by molar-refractivity contribution is -0.121. The number of benzene rings is 1. The van der Waals surface area contributed by atoms with Crippen molar-refractivity contribution >= 4 is 35.0 Å². The summed E-state index contributed by atoms with van der Waals surface area (Å²) < 4.78 is 4.78. The summed E-state index contributed by atoms with van der Waals surface area (Å²) in [5.41, 5.74) is 0.310. The van der Waals surface area contributed by atoms with Crippen molar-refractivity contribution in [1.29, 1.82) is 0 Å². The van der Waals surface area contributed by atoms with Gasteiger partial charge in [0, 0.05) is 31.6 Å². The minimum Gasteiger partial charge on any atom is -0.384 e. The van der Waals surface area contributed by atoms with Crippen LogP contribution in [0, 0.1) is 0 Å². The van der Waals surface area contributed by atoms with Crippen molar-refractivity contribution in [3.8, 4) is 0 Å². The van der Waals surface area contributed by atoms with Crippen LogP contribution in [0.4, 0.5) is 0 Å². The van der Waals surface area contributed by atoms with Gasteiger partial charge in [-0.05, 0) is 18.2 Å². The van der Waals surface area contributed by atoms with Gasteiger partial charge in [-0.3, -0.25) is 9.59 Å². The molecule has 0 bridgehead atoms. The van der Waals surface area contributed by atoms with Gasteiger partial charge in [-0.1, -0.05) is 23.2 Å². The minimum atomic E-state index is -0.330. The van der Waals surface area contributed by atoms with E-state index in [1.807, 2.05) is 0 Å². The van der Waals surface area contributed by atoms with Crippen LogP contribution >= 0.6 is 23.2 Å². The third-order valence-electron chi connectivity index (χ3n) is 2.44. The highest BCUT2D eigenvalue weighted by Crippen LogP contribution is 2.20. The molecule has 0 heterocycles. The molecule has 0 saturated heterocycles. The number of amides is 2. The largest absolute Gasteiger partial charge is 0.384 e. The van der Waals surface area contributed by atoms with Crippen molar-refractivity contribution < 1.29 is 14.3 Å². The lowest BCUT2D eigenvalue weighted by Crippen LogP contribution is -2.35. The maximum atomic E-state index is 11.8. The molecule has 0 unspecified atom stereocenters. The van der Waals surface area contributed by atoms with Gasteiger partial charge in [0.05, 0.1) is 17.2 Å². The van der Waals surface area contributed by atoms with Crippen molar-refractivity contribution in [2.75, 3.05) is 26.8 Å². The number of rotatable bonds is 7. The SMILES string of the molecule is COCCC(=O)NCCNC(=O)c1cc(Cl)ccc1Cl. The molecule has 0 saturated carbocycles. The van der Waals surface area contributed by atoms with Gasteiger partial charge in [-0.15, -0.1) is 0 Å². The van der Waals surface area contributed by atoms with Gasteiger partial charge in [0.1, 0.15) is 0 Å². The molecule has 0 aromatic heterocycles. The Hall–Kier alpha value is -1.30. The Bertz CT molecular complexity index is 481. The molecule has 1 aromatic carbocycles. The molecule has 110 valence electrons. The Morgan fingerprint density at radius 2 is 1.90 bits per heavy atom. The molecule has 2 N–H and O–H groups in total. The average Bonchev–Trinajstić information content (AvgIpc) is 2.43. The van der Waals surface area contributed by atoms with E-state index in [-0.39, 0.29) is 11.8 Å². The van der Waals surface area contributed by atoms with E-state index < -0.39 is 0 Å². The number of hydrogen-bond acceptors (Lipinski definition) is 3. The molecule has 5 nitrogen and oxygen atoms in total. The van der Waals surface area contributed by atoms with Gasteiger partial charge in [0.25, 0.3) is 5.91 Å². The van der Waals surface area contributed by atoms with Crippen LogP contribution in [0.2, 0.25) is 10.0 Å². The molecule has 0 aliphatic carbocycles. The Labute approximate surface area is 127 Å². The number of halogens is 2. The number of methoxy groups -OCH3 is 1. The Balaban J connectivity index is 2.33. The molecular weight excluding hydrogens is 303 g/mol. The standard InChI is InChI=1S/C13H16Cl2N2O3/c1-20-7-4-12(18)16-5-6-17-13(19)10-8-9(14)2-3-11(10)15/h2-3,8H,4-7H2,1H3,(H,16,18)(H,17,19). The van der Waals surface area contributed by atoms with E-state index >= 15 is 0 Å². The normalized spacial score (nSPS) is 10.2. The van der Waals surface area contributed by atoms with Crippen molar-refractivity contribution in [2.45, 2.75) is 6.42 Å². The molecule has 0 aliphatic rings. The van der Waals surface area contributed by atoms with Crippen LogP contribution in [-0.4, -0.2) is 38.6 Å². The first-order valence-electron chi connectivity index (χ1n) is 6.03. The van der Waals surface area contributed by atoms with Crippen LogP contribution < -0.4 is 10.6 Å². The highest BCUT2D eigenvalue weighted by Gasteiger charge is 2.10. The highest BCUT2D eigenvalue weighted by atomic mass is 35.5. The fourth-order valence-electron chi connectivity index (χ4n) is 1.43. The van der Waals surface area contributed by atoms with Crippen molar-refractivity contribution in [1.82, 2.24) is 10.6 Å². The van der Waals surface area contributed by atoms with Gasteiger partial charge in [-0.2, -0.15) is 0 Å². The zero-order valence-corrected chi connectivity index (χ0v) is 12.6. The molecule has 0 spiro atoms. The van der Waals surface area contributed by atoms with E-state index in [9.17, 15) is 9.59 Å². The molecule has 1 rings (SSSR count). The second-order valence-corrected chi connectivity index (χ2v) is 4.82. The second kappa shape index (κ2) is 8.79. The Morgan fingerprint density at radius 1 is 1.20 bits per heavy atom. The maximum Gasteiger partial charge on any atom is 0.252 e. The quantitative estimate of drug-likeness (QED) is 0.754. The molecule has 0 aliphatic heterocycles. The van der Waals surface area contributed by atoms with Crippen molar-refractivity contribution in [3.05, 3.63) is 33.8 Å². The first kappa shape index (κ1) is 16.8. The van der Waals surface area contributed by atoms with Crippen LogP contribution in [-0.2, 0) is 9.53 Å². The number of carbonyl (C=O) groups excluding carboxylic acids is 2. The van der Waals surface area contributed by atoms with E-state index in [1.54, 1.807) is 12.1 Å². The predicted molar refractivity (Wildman–Crippen MR) is 78.3 cm³/mol. The first-order chi connectivity index (χ1) is 9.54. The maximum absolute atomic E-state index is 11.8. The number of hydrogen-bond donors (Lipinski definition) is 2. The number of carbonyl (C=O) groups is 2. The van der Waals surface area contributed by atoms with E-state index in [2.05, 4.69) is 10.6 Å². The third-order valence-corrected chi connectivity index (χ3v) is 3.00. The first-order valence-corrected chi connectivity index (χ1v) is 6.79. The number of nitrogens with one attached hydrogen (secondary N) is 2. The molecule has 2 amide bonds. The highest BCUT2D eigenvalue weighted by molar-refractivity contribution is 6.35. The topological polar surface area (TPSA) is 67.4 Å². The smallest absolute Gasteiger partial charge is 0.252 e. The summed E-state index contributed by atoms with van der Waals surface area (Å²) in [5, 5.41) is 6.08. The molecular formula is C13H16Cl2N2O3. The van der Waals surface area contributed by atoms with Crippen LogP contribution in [0.15, 0.2) is 18.2 Å². The molecule has 0 fully saturated rings. The monoisotopic (exact) mass is 318 g/mol. The lowest BCUT2D eigenvalue weighted by Gasteiger charge is -2.08. The lowest BCUT2D eigenvalue weighted by atomic mass is 10.2. The van der Waals surface area contributed by atoms with Gasteiger partial charge in [0.15, 0.2) is 0 Å². The van der Waals surface area contributed by atoms with Crippen LogP contribution in [0.5, 0.6) is 0 Å². The van der Waals surface area contributed by atoms with Crippen molar-refractivity contribution in [2.24, 2.45) is 0 Å². The molecule has 7 heteroatoms. The summed E-state index contributed by atoms with van der Waals surface area (Å²) >= 11 is 11.7. The second-order valence-electron chi connectivity index (χ2n) is 3.97. The average molecular weight is 319 g/mol. The minimum absolute atomic E-state index is 0.123. The number of ether oxygens (including phenoxy) is 1. The van der Waals surface area contributed by atoms with Gasteiger partial charge in [-0.25, -0.2) is 0 Å². The summed E-state index contributed by atoms with van der Waals surface area (Å²) in [6, 6.07) is 4.67. The van der Waals surface area contributed by atoms with Gasteiger partial charge in [0.2, 0.25) is 5.91 Å². The summed E-state index contributed by atoms with van der Waals surface area (Å²) in [5.74, 6) is -0.453. The molecule has 0 radical (unpaired) electrons. The van der Waals surface area contributed by atoms with Crippen LogP contribution in [0.25, 0.3) is 0 Å². The van der Waals surface area contributed by atoms with Gasteiger partial charge < -0.3 is 15.4 Å². The Kier molecular flexibility index (Phi) is 7.36. The summed E-state index contributed by atoms with van der Waals surface area (Å²) in [7, 11) is 1.53. The molecule has 1 aromatic rings. The molecule has 0 atom stereocenters. The van der Waals surface area contributed by atoms with Gasteiger partial charge >= 0.3 is 0 Å². The summed E-state index contributed by atoms with van der Waals surface area (Å²) in [6.45, 7) is 1.02. The Morgan fingerprint density at radius 3 is 2.60 bits per heavy atom. The van der Waals surface area contributed by atoms with Crippen LogP contribution in [0.1, 0.15) is 16.8 Å². The van der Waals surface area contributed by atoms with Crippen molar-refractivity contribution in [3.63, 3.8) is 0 Å². The molecule has 20 heavy (non-hydrogen) atoms. The van der Waals surface area contributed by atoms with E-state index in [4.69, 9.17) is 27.9 Å². The third kappa shape index (κ3) is 5.77. The zero-order valence-electron chi connectivity index (χ0n) is 11.0. The fourth-order valence-corrected chi connectivity index (χ4v) is 1.80. The van der Waals surface area contributed by atoms with E-state index in [1.165, 1.54) is 13.2 Å². The predicted octanol–water partition coefficient (Wildman–Crippen LogP) is 1.88. The summed E-state index contributed by atoms with van der Waals surface area (Å²) in [6.07, 6.45) is 0.296. The van der Waals surface area contributed by atoms with Crippen LogP contribution in [0.3, 0.4) is 0 Å². The fraction of sp³-hybridized carbons (Fsp3) is 0.385. The van der Waals surface area contributed by atoms with E-state index in [0.717, 1.165) is 0 Å².